The Bertz CT molecular complexity index is 320. The van der Waals surface area contributed by atoms with E-state index in [0.717, 1.165) is 32.1 Å². The van der Waals surface area contributed by atoms with Crippen molar-refractivity contribution in [3.8, 4) is 0 Å². The summed E-state index contributed by atoms with van der Waals surface area (Å²) in [5, 5.41) is 2.43. The molecule has 1 saturated carbocycles. The third-order valence-electron chi connectivity index (χ3n) is 4.10. The van der Waals surface area contributed by atoms with E-state index in [4.69, 9.17) is 4.74 Å². The largest absolute Gasteiger partial charge is 0.468 e. The van der Waals surface area contributed by atoms with Crippen LogP contribution in [0.15, 0.2) is 0 Å². The molecular formula is C14H24F3NO2. The lowest BCUT2D eigenvalue weighted by Crippen LogP contribution is -2.55. The maximum absolute atomic E-state index is 12.4. The standard InChI is InChI=1S/C14H24F3NO2/c1-3-5-11-6-4-8-13(9-7-11,12(19)20-2)18-10-14(15,16)17/h11,18H,3-10H2,1-2H3. The summed E-state index contributed by atoms with van der Waals surface area (Å²) < 4.78 is 42.0. The van der Waals surface area contributed by atoms with Gasteiger partial charge in [-0.25, -0.2) is 0 Å². The zero-order chi connectivity index (χ0) is 15.2. The van der Waals surface area contributed by atoms with Gasteiger partial charge in [-0.15, -0.1) is 0 Å². The molecule has 1 fully saturated rings. The topological polar surface area (TPSA) is 38.3 Å². The van der Waals surface area contributed by atoms with Gasteiger partial charge in [0.2, 0.25) is 0 Å². The second-order valence-electron chi connectivity index (χ2n) is 5.63. The average molecular weight is 295 g/mol. The molecule has 1 aliphatic rings. The number of ether oxygens (including phenoxy) is 1. The van der Waals surface area contributed by atoms with Crippen LogP contribution >= 0.6 is 0 Å². The highest BCUT2D eigenvalue weighted by atomic mass is 19.4. The van der Waals surface area contributed by atoms with Gasteiger partial charge in [0.15, 0.2) is 0 Å². The van der Waals surface area contributed by atoms with E-state index in [1.54, 1.807) is 0 Å². The predicted molar refractivity (Wildman–Crippen MR) is 70.3 cm³/mol. The second-order valence-corrected chi connectivity index (χ2v) is 5.63. The molecule has 0 aromatic carbocycles. The average Bonchev–Trinajstić information content (AvgIpc) is 2.59. The SMILES string of the molecule is CCCC1CCCC(NCC(F)(F)F)(C(=O)OC)CC1. The van der Waals surface area contributed by atoms with Crippen molar-refractivity contribution in [2.45, 2.75) is 63.6 Å². The number of nitrogens with one attached hydrogen (secondary N) is 1. The Hall–Kier alpha value is -0.780. The molecule has 0 heterocycles. The third-order valence-corrected chi connectivity index (χ3v) is 4.10. The number of rotatable bonds is 5. The number of halogens is 3. The summed E-state index contributed by atoms with van der Waals surface area (Å²) in [6.45, 7) is 0.945. The van der Waals surface area contributed by atoms with E-state index >= 15 is 0 Å². The highest BCUT2D eigenvalue weighted by Crippen LogP contribution is 2.34. The molecule has 118 valence electrons. The molecule has 0 aliphatic heterocycles. The number of methoxy groups -OCH3 is 1. The molecule has 1 aliphatic carbocycles. The lowest BCUT2D eigenvalue weighted by Gasteiger charge is -2.31. The van der Waals surface area contributed by atoms with Crippen LogP contribution in [-0.4, -0.2) is 31.3 Å². The van der Waals surface area contributed by atoms with E-state index in [9.17, 15) is 18.0 Å². The van der Waals surface area contributed by atoms with Crippen LogP contribution in [0.3, 0.4) is 0 Å². The van der Waals surface area contributed by atoms with Gasteiger partial charge in [0.25, 0.3) is 0 Å². The minimum atomic E-state index is -4.32. The Labute approximate surface area is 118 Å². The van der Waals surface area contributed by atoms with Gasteiger partial charge in [-0.05, 0) is 25.2 Å². The fourth-order valence-corrected chi connectivity index (χ4v) is 3.03. The van der Waals surface area contributed by atoms with Crippen LogP contribution in [0.4, 0.5) is 13.2 Å². The van der Waals surface area contributed by atoms with Crippen LogP contribution in [0.1, 0.15) is 51.9 Å². The Kier molecular flexibility index (Phi) is 6.30. The minimum absolute atomic E-state index is 0.413. The molecule has 1 rings (SSSR count). The van der Waals surface area contributed by atoms with Crippen molar-refractivity contribution in [2.24, 2.45) is 5.92 Å². The summed E-state index contributed by atoms with van der Waals surface area (Å²) in [6, 6.07) is 0. The van der Waals surface area contributed by atoms with Gasteiger partial charge in [0.05, 0.1) is 13.7 Å². The fourth-order valence-electron chi connectivity index (χ4n) is 3.03. The van der Waals surface area contributed by atoms with Crippen LogP contribution in [0, 0.1) is 5.92 Å². The summed E-state index contributed by atoms with van der Waals surface area (Å²) >= 11 is 0. The van der Waals surface area contributed by atoms with Gasteiger partial charge in [0.1, 0.15) is 5.54 Å². The zero-order valence-corrected chi connectivity index (χ0v) is 12.2. The summed E-state index contributed by atoms with van der Waals surface area (Å²) in [6.07, 6.45) is 1.13. The van der Waals surface area contributed by atoms with E-state index in [1.165, 1.54) is 7.11 Å². The molecule has 0 aromatic rings. The van der Waals surface area contributed by atoms with Crippen molar-refractivity contribution in [3.63, 3.8) is 0 Å². The maximum Gasteiger partial charge on any atom is 0.401 e. The van der Waals surface area contributed by atoms with Gasteiger partial charge in [-0.3, -0.25) is 10.1 Å². The number of hydrogen-bond acceptors (Lipinski definition) is 3. The van der Waals surface area contributed by atoms with Gasteiger partial charge in [-0.2, -0.15) is 13.2 Å². The Morgan fingerprint density at radius 2 is 2.05 bits per heavy atom. The first-order chi connectivity index (χ1) is 9.33. The number of carbonyl (C=O) groups excluding carboxylic acids is 1. The van der Waals surface area contributed by atoms with Gasteiger partial charge >= 0.3 is 12.1 Å². The van der Waals surface area contributed by atoms with Crippen LogP contribution in [0.5, 0.6) is 0 Å². The van der Waals surface area contributed by atoms with E-state index in [1.807, 2.05) is 0 Å². The smallest absolute Gasteiger partial charge is 0.401 e. The van der Waals surface area contributed by atoms with Crippen molar-refractivity contribution in [1.29, 1.82) is 0 Å². The van der Waals surface area contributed by atoms with E-state index < -0.39 is 24.2 Å². The number of alkyl halides is 3. The Morgan fingerprint density at radius 3 is 2.60 bits per heavy atom. The third kappa shape index (κ3) is 4.96. The summed E-state index contributed by atoms with van der Waals surface area (Å²) in [5.74, 6) is -0.0712. The first kappa shape index (κ1) is 17.3. The van der Waals surface area contributed by atoms with Crippen LogP contribution in [0.2, 0.25) is 0 Å². The Morgan fingerprint density at radius 1 is 1.35 bits per heavy atom. The molecule has 1 N–H and O–H groups in total. The van der Waals surface area contributed by atoms with E-state index in [2.05, 4.69) is 12.2 Å². The molecule has 0 radical (unpaired) electrons. The van der Waals surface area contributed by atoms with Crippen LogP contribution in [-0.2, 0) is 9.53 Å². The van der Waals surface area contributed by atoms with Gasteiger partial charge < -0.3 is 4.74 Å². The molecule has 2 unspecified atom stereocenters. The molecule has 0 spiro atoms. The molecular weight excluding hydrogens is 271 g/mol. The summed E-state index contributed by atoms with van der Waals surface area (Å²) in [5.41, 5.74) is -1.17. The normalized spacial score (nSPS) is 27.9. The summed E-state index contributed by atoms with van der Waals surface area (Å²) in [7, 11) is 1.23. The fraction of sp³-hybridized carbons (Fsp3) is 0.929. The highest BCUT2D eigenvalue weighted by molar-refractivity contribution is 5.80. The number of esters is 1. The second kappa shape index (κ2) is 7.29. The first-order valence-corrected chi connectivity index (χ1v) is 7.23. The van der Waals surface area contributed by atoms with Crippen molar-refractivity contribution >= 4 is 5.97 Å². The lowest BCUT2D eigenvalue weighted by atomic mass is 9.89. The molecule has 0 saturated heterocycles. The van der Waals surface area contributed by atoms with Crippen molar-refractivity contribution < 1.29 is 22.7 Å². The van der Waals surface area contributed by atoms with Gasteiger partial charge in [-0.1, -0.05) is 32.6 Å². The minimum Gasteiger partial charge on any atom is -0.468 e. The summed E-state index contributed by atoms with van der Waals surface area (Å²) in [4.78, 5) is 12.0. The Balaban J connectivity index is 2.76. The quantitative estimate of drug-likeness (QED) is 0.624. The maximum atomic E-state index is 12.4. The monoisotopic (exact) mass is 295 g/mol. The van der Waals surface area contributed by atoms with E-state index in [0.29, 0.717) is 18.8 Å². The van der Waals surface area contributed by atoms with E-state index in [-0.39, 0.29) is 0 Å². The molecule has 3 nitrogen and oxygen atoms in total. The zero-order valence-electron chi connectivity index (χ0n) is 12.2. The molecule has 0 bridgehead atoms. The molecule has 20 heavy (non-hydrogen) atoms. The number of carbonyl (C=O) groups is 1. The van der Waals surface area contributed by atoms with Crippen LogP contribution in [0.25, 0.3) is 0 Å². The predicted octanol–water partition coefficient (Wildman–Crippen LogP) is 3.43. The van der Waals surface area contributed by atoms with Crippen molar-refractivity contribution in [1.82, 2.24) is 5.32 Å². The van der Waals surface area contributed by atoms with Crippen molar-refractivity contribution in [2.75, 3.05) is 13.7 Å². The molecule has 0 amide bonds. The van der Waals surface area contributed by atoms with Crippen molar-refractivity contribution in [3.05, 3.63) is 0 Å². The first-order valence-electron chi connectivity index (χ1n) is 7.23. The van der Waals surface area contributed by atoms with Gasteiger partial charge in [0, 0.05) is 0 Å². The molecule has 2 atom stereocenters. The lowest BCUT2D eigenvalue weighted by molar-refractivity contribution is -0.154. The number of hydrogen-bond donors (Lipinski definition) is 1. The molecule has 6 heteroatoms. The highest BCUT2D eigenvalue weighted by Gasteiger charge is 2.43. The molecule has 0 aromatic heterocycles. The van der Waals surface area contributed by atoms with Crippen LogP contribution < -0.4 is 5.32 Å².